The van der Waals surface area contributed by atoms with Gasteiger partial charge in [-0.05, 0) is 12.1 Å². The summed E-state index contributed by atoms with van der Waals surface area (Å²) in [7, 11) is 0. The van der Waals surface area contributed by atoms with Gasteiger partial charge in [-0.15, -0.1) is 0 Å². The van der Waals surface area contributed by atoms with Crippen LogP contribution >= 0.6 is 15.9 Å². The molecule has 0 aliphatic rings. The number of halogens is 1. The first-order chi connectivity index (χ1) is 9.72. The van der Waals surface area contributed by atoms with E-state index in [1.165, 1.54) is 0 Å². The summed E-state index contributed by atoms with van der Waals surface area (Å²) in [6, 6.07) is 17.5. The molecule has 3 rings (SSSR count). The van der Waals surface area contributed by atoms with Gasteiger partial charge in [0.1, 0.15) is 0 Å². The van der Waals surface area contributed by atoms with Gasteiger partial charge < -0.3 is 5.73 Å². The van der Waals surface area contributed by atoms with Gasteiger partial charge in [0.15, 0.2) is 11.6 Å². The molecule has 2 aromatic carbocycles. The van der Waals surface area contributed by atoms with Crippen molar-refractivity contribution >= 4 is 21.9 Å². The minimum absolute atomic E-state index is 0.219. The molecule has 0 saturated carbocycles. The topological polar surface area (TPSA) is 64.7 Å². The second-order valence-electron chi connectivity index (χ2n) is 4.21. The largest absolute Gasteiger partial charge is 0.368 e. The Hall–Kier alpha value is -2.27. The van der Waals surface area contributed by atoms with E-state index in [4.69, 9.17) is 5.73 Å². The van der Waals surface area contributed by atoms with Crippen LogP contribution < -0.4 is 5.73 Å². The second kappa shape index (κ2) is 5.38. The van der Waals surface area contributed by atoms with E-state index in [0.29, 0.717) is 11.6 Å². The van der Waals surface area contributed by atoms with Gasteiger partial charge in [0.05, 0.1) is 0 Å². The first kappa shape index (κ1) is 12.7. The molecule has 0 amide bonds. The molecule has 3 aromatic rings. The Morgan fingerprint density at radius 3 is 1.85 bits per heavy atom. The third-order valence-corrected chi connectivity index (χ3v) is 3.32. The zero-order valence-electron chi connectivity index (χ0n) is 10.5. The Morgan fingerprint density at radius 1 is 0.700 bits per heavy atom. The number of hydrogen-bond acceptors (Lipinski definition) is 4. The van der Waals surface area contributed by atoms with E-state index in [1.807, 2.05) is 54.6 Å². The molecule has 0 bridgehead atoms. The third kappa shape index (κ3) is 2.67. The van der Waals surface area contributed by atoms with Crippen LogP contribution in [0.3, 0.4) is 0 Å². The summed E-state index contributed by atoms with van der Waals surface area (Å²) in [5, 5.41) is 0. The molecule has 0 fully saturated rings. The van der Waals surface area contributed by atoms with Crippen molar-refractivity contribution < 1.29 is 0 Å². The highest BCUT2D eigenvalue weighted by Gasteiger charge is 2.08. The van der Waals surface area contributed by atoms with Gasteiger partial charge in [0.25, 0.3) is 0 Å². The second-order valence-corrected chi connectivity index (χ2v) is 5.13. The number of anilines is 1. The number of hydrogen-bond donors (Lipinski definition) is 1. The Morgan fingerprint density at radius 2 is 1.25 bits per heavy atom. The number of rotatable bonds is 2. The molecule has 0 radical (unpaired) electrons. The zero-order chi connectivity index (χ0) is 13.9. The minimum Gasteiger partial charge on any atom is -0.368 e. The SMILES string of the molecule is Nc1nc(-c2ccccc2)nc(-c2ccc(Br)cc2)n1. The van der Waals surface area contributed by atoms with Crippen LogP contribution in [0.4, 0.5) is 5.95 Å². The maximum atomic E-state index is 5.79. The number of benzene rings is 2. The van der Waals surface area contributed by atoms with Crippen LogP contribution in [0.2, 0.25) is 0 Å². The van der Waals surface area contributed by atoms with Crippen molar-refractivity contribution in [2.24, 2.45) is 0 Å². The monoisotopic (exact) mass is 326 g/mol. The van der Waals surface area contributed by atoms with E-state index in [1.54, 1.807) is 0 Å². The zero-order valence-corrected chi connectivity index (χ0v) is 12.1. The van der Waals surface area contributed by atoms with E-state index in [-0.39, 0.29) is 5.95 Å². The van der Waals surface area contributed by atoms with Gasteiger partial charge in [0.2, 0.25) is 5.95 Å². The van der Waals surface area contributed by atoms with E-state index < -0.39 is 0 Å². The van der Waals surface area contributed by atoms with Crippen molar-refractivity contribution in [3.63, 3.8) is 0 Å². The van der Waals surface area contributed by atoms with Crippen LogP contribution in [-0.4, -0.2) is 15.0 Å². The minimum atomic E-state index is 0.219. The molecule has 0 atom stereocenters. The molecule has 4 nitrogen and oxygen atoms in total. The highest BCUT2D eigenvalue weighted by molar-refractivity contribution is 9.10. The molecule has 0 aliphatic heterocycles. The summed E-state index contributed by atoms with van der Waals surface area (Å²) < 4.78 is 1.01. The summed E-state index contributed by atoms with van der Waals surface area (Å²) in [5.41, 5.74) is 7.61. The summed E-state index contributed by atoms with van der Waals surface area (Å²) in [6.07, 6.45) is 0. The molecule has 20 heavy (non-hydrogen) atoms. The van der Waals surface area contributed by atoms with E-state index in [2.05, 4.69) is 30.9 Å². The van der Waals surface area contributed by atoms with Crippen LogP contribution in [0.5, 0.6) is 0 Å². The molecule has 2 N–H and O–H groups in total. The fraction of sp³-hybridized carbons (Fsp3) is 0. The predicted molar refractivity (Wildman–Crippen MR) is 82.8 cm³/mol. The third-order valence-electron chi connectivity index (χ3n) is 2.79. The Balaban J connectivity index is 2.09. The number of aromatic nitrogens is 3. The van der Waals surface area contributed by atoms with Crippen LogP contribution in [0.15, 0.2) is 59.1 Å². The maximum Gasteiger partial charge on any atom is 0.224 e. The smallest absolute Gasteiger partial charge is 0.224 e. The van der Waals surface area contributed by atoms with Crippen LogP contribution in [0.25, 0.3) is 22.8 Å². The molecule has 0 saturated heterocycles. The van der Waals surface area contributed by atoms with Crippen LogP contribution in [-0.2, 0) is 0 Å². The predicted octanol–water partition coefficient (Wildman–Crippen LogP) is 3.55. The van der Waals surface area contributed by atoms with Crippen molar-refractivity contribution in [1.82, 2.24) is 15.0 Å². The lowest BCUT2D eigenvalue weighted by Gasteiger charge is -2.05. The summed E-state index contributed by atoms with van der Waals surface area (Å²) >= 11 is 3.41. The van der Waals surface area contributed by atoms with Crippen molar-refractivity contribution in [1.29, 1.82) is 0 Å². The lowest BCUT2D eigenvalue weighted by Crippen LogP contribution is -2.02. The maximum absolute atomic E-state index is 5.79. The van der Waals surface area contributed by atoms with Crippen molar-refractivity contribution in [2.45, 2.75) is 0 Å². The number of nitrogens with zero attached hydrogens (tertiary/aromatic N) is 3. The fourth-order valence-electron chi connectivity index (χ4n) is 1.84. The lowest BCUT2D eigenvalue weighted by atomic mass is 10.2. The van der Waals surface area contributed by atoms with Crippen LogP contribution in [0, 0.1) is 0 Å². The van der Waals surface area contributed by atoms with Crippen molar-refractivity contribution in [2.75, 3.05) is 5.73 Å². The normalized spacial score (nSPS) is 10.4. The molecule has 5 heteroatoms. The molecular weight excluding hydrogens is 316 g/mol. The standard InChI is InChI=1S/C15H11BrN4/c16-12-8-6-11(7-9-12)14-18-13(19-15(17)20-14)10-4-2-1-3-5-10/h1-9H,(H2,17,18,19,20). The van der Waals surface area contributed by atoms with Gasteiger partial charge in [-0.1, -0.05) is 58.4 Å². The van der Waals surface area contributed by atoms with Gasteiger partial charge in [0, 0.05) is 15.6 Å². The van der Waals surface area contributed by atoms with E-state index >= 15 is 0 Å². The van der Waals surface area contributed by atoms with Gasteiger partial charge >= 0.3 is 0 Å². The van der Waals surface area contributed by atoms with E-state index in [9.17, 15) is 0 Å². The fourth-order valence-corrected chi connectivity index (χ4v) is 2.10. The Labute approximate surface area is 124 Å². The summed E-state index contributed by atoms with van der Waals surface area (Å²) in [4.78, 5) is 12.9. The van der Waals surface area contributed by atoms with Crippen molar-refractivity contribution in [3.8, 4) is 22.8 Å². The number of nitrogens with two attached hydrogens (primary N) is 1. The first-order valence-corrected chi connectivity index (χ1v) is 6.84. The van der Waals surface area contributed by atoms with Gasteiger partial charge in [-0.3, -0.25) is 0 Å². The first-order valence-electron chi connectivity index (χ1n) is 6.05. The molecule has 1 heterocycles. The lowest BCUT2D eigenvalue weighted by molar-refractivity contribution is 1.08. The molecule has 98 valence electrons. The van der Waals surface area contributed by atoms with Gasteiger partial charge in [-0.2, -0.15) is 9.97 Å². The molecule has 1 aromatic heterocycles. The average Bonchev–Trinajstić information content (AvgIpc) is 2.48. The molecule has 0 aliphatic carbocycles. The summed E-state index contributed by atoms with van der Waals surface area (Å²) in [6.45, 7) is 0. The Bertz CT molecular complexity index is 727. The van der Waals surface area contributed by atoms with E-state index in [0.717, 1.165) is 15.6 Å². The van der Waals surface area contributed by atoms with Crippen LogP contribution in [0.1, 0.15) is 0 Å². The average molecular weight is 327 g/mol. The highest BCUT2D eigenvalue weighted by atomic mass is 79.9. The summed E-state index contributed by atoms with van der Waals surface area (Å²) in [5.74, 6) is 1.37. The quantitative estimate of drug-likeness (QED) is 0.782. The highest BCUT2D eigenvalue weighted by Crippen LogP contribution is 2.22. The Kier molecular flexibility index (Phi) is 3.43. The number of nitrogen functional groups attached to an aromatic ring is 1. The molecule has 0 unspecified atom stereocenters. The van der Waals surface area contributed by atoms with Crippen molar-refractivity contribution in [3.05, 3.63) is 59.1 Å². The molecule has 0 spiro atoms. The molecular formula is C15H11BrN4. The van der Waals surface area contributed by atoms with Gasteiger partial charge in [-0.25, -0.2) is 4.98 Å².